The number of carboxylic acid groups (broad SMARTS) is 1. The van der Waals surface area contributed by atoms with Gasteiger partial charge in [0.1, 0.15) is 23.5 Å². The van der Waals surface area contributed by atoms with Crippen molar-refractivity contribution < 1.29 is 23.8 Å². The Morgan fingerprint density at radius 2 is 2.09 bits per heavy atom. The summed E-state index contributed by atoms with van der Waals surface area (Å²) in [7, 11) is 1.48. The van der Waals surface area contributed by atoms with Crippen LogP contribution in [0.2, 0.25) is 0 Å². The van der Waals surface area contributed by atoms with E-state index in [1.54, 1.807) is 24.3 Å². The van der Waals surface area contributed by atoms with Crippen LogP contribution >= 0.6 is 11.3 Å². The number of nitrogens with zero attached hydrogens (tertiary/aromatic N) is 2. The van der Waals surface area contributed by atoms with Crippen molar-refractivity contribution in [3.05, 3.63) is 65.0 Å². The van der Waals surface area contributed by atoms with Crippen LogP contribution in [-0.4, -0.2) is 40.8 Å². The number of hydrogen-bond acceptors (Lipinski definition) is 7. The van der Waals surface area contributed by atoms with Crippen molar-refractivity contribution in [1.29, 1.82) is 0 Å². The second-order valence-corrected chi connectivity index (χ2v) is 9.29. The third kappa shape index (κ3) is 4.77. The molecule has 2 aromatic heterocycles. The third-order valence-corrected chi connectivity index (χ3v) is 7.06. The van der Waals surface area contributed by atoms with Crippen molar-refractivity contribution in [2.45, 2.75) is 31.8 Å². The van der Waals surface area contributed by atoms with E-state index in [1.165, 1.54) is 24.8 Å². The normalized spacial score (nSPS) is 13.4. The highest BCUT2D eigenvalue weighted by Crippen LogP contribution is 2.34. The average Bonchev–Trinajstić information content (AvgIpc) is 3.30. The molecule has 0 spiro atoms. The van der Waals surface area contributed by atoms with Crippen molar-refractivity contribution in [1.82, 2.24) is 9.97 Å². The molecule has 0 radical (unpaired) electrons. The molecule has 1 aliphatic carbocycles. The summed E-state index contributed by atoms with van der Waals surface area (Å²) < 4.78 is 26.6. The topological polar surface area (TPSA) is 93.6 Å². The molecule has 0 amide bonds. The number of anilines is 1. The van der Waals surface area contributed by atoms with Crippen LogP contribution in [0.5, 0.6) is 11.5 Å². The molecule has 0 aliphatic heterocycles. The number of halogens is 1. The van der Waals surface area contributed by atoms with E-state index < -0.39 is 5.97 Å². The van der Waals surface area contributed by atoms with Gasteiger partial charge in [-0.3, -0.25) is 0 Å². The fourth-order valence-electron chi connectivity index (χ4n) is 4.08. The van der Waals surface area contributed by atoms with Crippen LogP contribution < -0.4 is 14.8 Å². The van der Waals surface area contributed by atoms with E-state index in [0.717, 1.165) is 35.8 Å². The molecule has 7 nitrogen and oxygen atoms in total. The molecular formula is C26H24FN3O4S. The minimum atomic E-state index is -1.02. The zero-order valence-corrected chi connectivity index (χ0v) is 19.9. The van der Waals surface area contributed by atoms with E-state index in [2.05, 4.69) is 15.3 Å². The molecule has 1 aliphatic rings. The first-order valence-electron chi connectivity index (χ1n) is 11.4. The number of fused-ring (bicyclic) bond motifs is 1. The van der Waals surface area contributed by atoms with Crippen molar-refractivity contribution in [3.63, 3.8) is 0 Å². The van der Waals surface area contributed by atoms with Crippen LogP contribution in [0, 0.1) is 5.82 Å². The molecule has 35 heavy (non-hydrogen) atoms. The van der Waals surface area contributed by atoms with Gasteiger partial charge < -0.3 is 19.9 Å². The summed E-state index contributed by atoms with van der Waals surface area (Å²) in [4.78, 5) is 20.3. The number of thiophene rings is 1. The molecule has 180 valence electrons. The van der Waals surface area contributed by atoms with Gasteiger partial charge in [-0.1, -0.05) is 6.07 Å². The molecule has 0 atom stereocenters. The molecule has 0 saturated heterocycles. The Balaban J connectivity index is 1.32. The number of benzene rings is 2. The van der Waals surface area contributed by atoms with Gasteiger partial charge in [0.25, 0.3) is 0 Å². The van der Waals surface area contributed by atoms with E-state index in [0.29, 0.717) is 34.9 Å². The lowest BCUT2D eigenvalue weighted by Crippen LogP contribution is -2.25. The number of carbonyl (C=O) groups is 1. The highest BCUT2D eigenvalue weighted by molar-refractivity contribution is 7.17. The number of nitrogens with one attached hydrogen (secondary N) is 1. The number of ether oxygens (including phenoxy) is 2. The third-order valence-electron chi connectivity index (χ3n) is 6.14. The minimum Gasteiger partial charge on any atom is -0.493 e. The SMILES string of the molecule is COc1c(CCNc2cc(-c3ccc(C(=O)O)c(OC4CCC4)c3)ncn2)cc2ccsc2c1F. The van der Waals surface area contributed by atoms with Gasteiger partial charge in [-0.05, 0) is 66.3 Å². The zero-order valence-electron chi connectivity index (χ0n) is 19.1. The monoisotopic (exact) mass is 493 g/mol. The quantitative estimate of drug-likeness (QED) is 0.305. The summed E-state index contributed by atoms with van der Waals surface area (Å²) in [6, 6.07) is 10.6. The largest absolute Gasteiger partial charge is 0.493 e. The van der Waals surface area contributed by atoms with Crippen LogP contribution in [0.4, 0.5) is 10.2 Å². The zero-order chi connectivity index (χ0) is 24.4. The molecule has 9 heteroatoms. The lowest BCUT2D eigenvalue weighted by Gasteiger charge is -2.27. The summed E-state index contributed by atoms with van der Waals surface area (Å²) in [5.41, 5.74) is 2.29. The van der Waals surface area contributed by atoms with Gasteiger partial charge in [-0.2, -0.15) is 0 Å². The molecule has 1 fully saturated rings. The number of aromatic carboxylic acids is 1. The second-order valence-electron chi connectivity index (χ2n) is 8.37. The predicted octanol–water partition coefficient (Wildman–Crippen LogP) is 5.79. The number of aromatic nitrogens is 2. The lowest BCUT2D eigenvalue weighted by atomic mass is 9.96. The van der Waals surface area contributed by atoms with Crippen molar-refractivity contribution in [3.8, 4) is 22.8 Å². The molecule has 0 bridgehead atoms. The lowest BCUT2D eigenvalue weighted by molar-refractivity contribution is 0.0680. The number of rotatable bonds is 9. The van der Waals surface area contributed by atoms with Gasteiger partial charge in [0.2, 0.25) is 0 Å². The Bertz CT molecular complexity index is 1390. The Morgan fingerprint density at radius 1 is 1.23 bits per heavy atom. The molecule has 1 saturated carbocycles. The summed E-state index contributed by atoms with van der Waals surface area (Å²) in [6.45, 7) is 0.510. The van der Waals surface area contributed by atoms with Crippen LogP contribution in [0.15, 0.2) is 48.1 Å². The number of methoxy groups -OCH3 is 1. The fraction of sp³-hybridized carbons (Fsp3) is 0.269. The summed E-state index contributed by atoms with van der Waals surface area (Å²) in [5.74, 6) is -0.129. The first kappa shape index (κ1) is 23.0. The van der Waals surface area contributed by atoms with Crippen molar-refractivity contribution in [2.75, 3.05) is 19.0 Å². The highest BCUT2D eigenvalue weighted by atomic mass is 32.1. The van der Waals surface area contributed by atoms with E-state index in [1.807, 2.05) is 17.5 Å². The van der Waals surface area contributed by atoms with Gasteiger partial charge in [0.05, 0.1) is 23.6 Å². The molecule has 2 aromatic carbocycles. The van der Waals surface area contributed by atoms with Gasteiger partial charge in [0, 0.05) is 18.2 Å². The van der Waals surface area contributed by atoms with Gasteiger partial charge in [-0.25, -0.2) is 19.2 Å². The van der Waals surface area contributed by atoms with E-state index in [4.69, 9.17) is 9.47 Å². The molecule has 2 N–H and O–H groups in total. The highest BCUT2D eigenvalue weighted by Gasteiger charge is 2.22. The van der Waals surface area contributed by atoms with Crippen molar-refractivity contribution >= 4 is 33.2 Å². The summed E-state index contributed by atoms with van der Waals surface area (Å²) >= 11 is 1.35. The molecule has 2 heterocycles. The van der Waals surface area contributed by atoms with Gasteiger partial charge >= 0.3 is 5.97 Å². The first-order chi connectivity index (χ1) is 17.0. The number of hydrogen-bond donors (Lipinski definition) is 2. The van der Waals surface area contributed by atoms with E-state index in [-0.39, 0.29) is 23.2 Å². The number of carboxylic acids is 1. The Labute approximate surface area is 205 Å². The maximum Gasteiger partial charge on any atom is 0.339 e. The van der Waals surface area contributed by atoms with Crippen LogP contribution in [0.25, 0.3) is 21.3 Å². The van der Waals surface area contributed by atoms with E-state index >= 15 is 0 Å². The van der Waals surface area contributed by atoms with Crippen LogP contribution in [0.1, 0.15) is 35.2 Å². The smallest absolute Gasteiger partial charge is 0.339 e. The maximum absolute atomic E-state index is 14.8. The van der Waals surface area contributed by atoms with E-state index in [9.17, 15) is 14.3 Å². The van der Waals surface area contributed by atoms with Crippen molar-refractivity contribution in [2.24, 2.45) is 0 Å². The van der Waals surface area contributed by atoms with Crippen LogP contribution in [0.3, 0.4) is 0 Å². The molecule has 4 aromatic rings. The molecule has 0 unspecified atom stereocenters. The molecule has 5 rings (SSSR count). The standard InChI is InChI=1S/C26H24FN3O4S/c1-33-24-16(11-17-8-10-35-25(17)23(24)27)7-9-28-22-13-20(29-14-30-22)15-5-6-19(26(31)32)21(12-15)34-18-3-2-4-18/h5-6,8,10-14,18H,2-4,7,9H2,1H3,(H,31,32)(H,28,29,30). The average molecular weight is 494 g/mol. The van der Waals surface area contributed by atoms with Gasteiger partial charge in [0.15, 0.2) is 11.6 Å². The molecular weight excluding hydrogens is 469 g/mol. The Morgan fingerprint density at radius 3 is 2.83 bits per heavy atom. The Kier molecular flexibility index (Phi) is 6.50. The predicted molar refractivity (Wildman–Crippen MR) is 133 cm³/mol. The maximum atomic E-state index is 14.8. The minimum absolute atomic E-state index is 0.0566. The summed E-state index contributed by atoms with van der Waals surface area (Å²) in [6.07, 6.45) is 5.00. The first-order valence-corrected chi connectivity index (χ1v) is 12.2. The fourth-order valence-corrected chi connectivity index (χ4v) is 4.89. The van der Waals surface area contributed by atoms with Crippen LogP contribution in [-0.2, 0) is 6.42 Å². The second kappa shape index (κ2) is 9.87. The van der Waals surface area contributed by atoms with Gasteiger partial charge in [-0.15, -0.1) is 11.3 Å². The summed E-state index contributed by atoms with van der Waals surface area (Å²) in [5, 5.41) is 15.5. The Hall–Kier alpha value is -3.72.